The number of hydrogen-bond donors (Lipinski definition) is 1. The number of carbonyl (C=O) groups excluding carboxylic acids is 1. The van der Waals surface area contributed by atoms with E-state index in [0.29, 0.717) is 0 Å². The Morgan fingerprint density at radius 1 is 1.26 bits per heavy atom. The largest absolute Gasteiger partial charge is 0.349 e. The molecule has 0 aliphatic heterocycles. The molecule has 0 heterocycles. The molecule has 0 aromatic heterocycles. The zero-order chi connectivity index (χ0) is 14.3. The molecule has 1 atom stereocenters. The van der Waals surface area contributed by atoms with Gasteiger partial charge < -0.3 is 5.32 Å². The zero-order valence-electron chi connectivity index (χ0n) is 11.5. The number of hydrogen-bond acceptors (Lipinski definition) is 1. The second-order valence-corrected chi connectivity index (χ2v) is 4.83. The van der Waals surface area contributed by atoms with Crippen molar-refractivity contribution < 1.29 is 13.6 Å². The van der Waals surface area contributed by atoms with Gasteiger partial charge in [-0.2, -0.15) is 0 Å². The van der Waals surface area contributed by atoms with E-state index < -0.39 is 17.5 Å². The summed E-state index contributed by atoms with van der Waals surface area (Å²) in [4.78, 5) is 11.8. The third-order valence-electron chi connectivity index (χ3n) is 3.06. The predicted octanol–water partition coefficient (Wildman–Crippen LogP) is 4.05. The predicted molar refractivity (Wildman–Crippen MR) is 72.0 cm³/mol. The summed E-state index contributed by atoms with van der Waals surface area (Å²) >= 11 is 0. The van der Waals surface area contributed by atoms with E-state index in [9.17, 15) is 13.6 Å². The quantitative estimate of drug-likeness (QED) is 0.743. The molecule has 0 aliphatic rings. The molecule has 1 N–H and O–H groups in total. The van der Waals surface area contributed by atoms with Gasteiger partial charge in [0.2, 0.25) is 0 Å². The Bertz CT molecular complexity index is 421. The van der Waals surface area contributed by atoms with Crippen LogP contribution in [0.2, 0.25) is 0 Å². The van der Waals surface area contributed by atoms with Crippen molar-refractivity contribution in [3.63, 3.8) is 0 Å². The Labute approximate surface area is 113 Å². The third-order valence-corrected chi connectivity index (χ3v) is 3.06. The van der Waals surface area contributed by atoms with Crippen molar-refractivity contribution in [2.45, 2.75) is 52.0 Å². The maximum atomic E-state index is 13.4. The highest BCUT2D eigenvalue weighted by molar-refractivity contribution is 5.94. The molecule has 1 amide bonds. The minimum atomic E-state index is -1.09. The molecule has 0 aliphatic carbocycles. The fraction of sp³-hybridized carbons (Fsp3) is 0.533. The van der Waals surface area contributed by atoms with Crippen molar-refractivity contribution in [3.8, 4) is 0 Å². The molecular weight excluding hydrogens is 248 g/mol. The summed E-state index contributed by atoms with van der Waals surface area (Å²) in [5.41, 5.74) is -0.236. The molecule has 0 radical (unpaired) electrons. The molecule has 1 unspecified atom stereocenters. The van der Waals surface area contributed by atoms with Gasteiger partial charge in [0.15, 0.2) is 11.6 Å². The number of carbonyl (C=O) groups is 1. The van der Waals surface area contributed by atoms with E-state index in [2.05, 4.69) is 12.2 Å². The molecule has 0 bridgehead atoms. The van der Waals surface area contributed by atoms with Crippen LogP contribution in [0.1, 0.15) is 56.3 Å². The molecule has 19 heavy (non-hydrogen) atoms. The van der Waals surface area contributed by atoms with Crippen LogP contribution in [-0.4, -0.2) is 11.9 Å². The first-order chi connectivity index (χ1) is 9.06. The lowest BCUT2D eigenvalue weighted by Crippen LogP contribution is -2.33. The number of nitrogens with one attached hydrogen (secondary N) is 1. The number of rotatable bonds is 7. The van der Waals surface area contributed by atoms with E-state index in [0.717, 1.165) is 31.7 Å². The summed E-state index contributed by atoms with van der Waals surface area (Å²) in [6, 6.07) is 3.59. The van der Waals surface area contributed by atoms with E-state index in [4.69, 9.17) is 0 Å². The van der Waals surface area contributed by atoms with Crippen LogP contribution in [0, 0.1) is 11.6 Å². The van der Waals surface area contributed by atoms with Crippen LogP contribution in [0.4, 0.5) is 8.78 Å². The summed E-state index contributed by atoms with van der Waals surface area (Å²) in [5, 5.41) is 2.70. The smallest absolute Gasteiger partial charge is 0.254 e. The minimum absolute atomic E-state index is 0.0352. The average molecular weight is 269 g/mol. The Morgan fingerprint density at radius 3 is 2.68 bits per heavy atom. The minimum Gasteiger partial charge on any atom is -0.349 e. The summed E-state index contributed by atoms with van der Waals surface area (Å²) in [6.45, 7) is 4.01. The van der Waals surface area contributed by atoms with Crippen LogP contribution >= 0.6 is 0 Å². The van der Waals surface area contributed by atoms with Gasteiger partial charge in [-0.05, 0) is 25.5 Å². The molecule has 1 rings (SSSR count). The molecule has 1 aromatic rings. The van der Waals surface area contributed by atoms with Crippen LogP contribution < -0.4 is 5.32 Å². The maximum absolute atomic E-state index is 13.4. The van der Waals surface area contributed by atoms with Crippen molar-refractivity contribution in [1.29, 1.82) is 0 Å². The molecule has 0 saturated carbocycles. The molecule has 0 saturated heterocycles. The van der Waals surface area contributed by atoms with Gasteiger partial charge in [-0.3, -0.25) is 4.79 Å². The zero-order valence-corrected chi connectivity index (χ0v) is 11.5. The van der Waals surface area contributed by atoms with Gasteiger partial charge in [0.1, 0.15) is 0 Å². The lowest BCUT2D eigenvalue weighted by atomic mass is 10.1. The average Bonchev–Trinajstić information content (AvgIpc) is 2.38. The lowest BCUT2D eigenvalue weighted by molar-refractivity contribution is 0.0932. The first-order valence-electron chi connectivity index (χ1n) is 6.81. The molecule has 0 spiro atoms. The van der Waals surface area contributed by atoms with Crippen molar-refractivity contribution >= 4 is 5.91 Å². The Hall–Kier alpha value is -1.45. The molecular formula is C15H21F2NO. The van der Waals surface area contributed by atoms with Crippen molar-refractivity contribution in [3.05, 3.63) is 35.4 Å². The highest BCUT2D eigenvalue weighted by Crippen LogP contribution is 2.12. The number of unbranched alkanes of at least 4 members (excludes halogenated alkanes) is 3. The standard InChI is InChI=1S/C15H21F2NO/c1-3-4-5-6-8-11(2)18-15(19)12-9-7-10-13(16)14(12)17/h7,9-11H,3-6,8H2,1-2H3,(H,18,19). The fourth-order valence-electron chi connectivity index (χ4n) is 1.93. The van der Waals surface area contributed by atoms with Gasteiger partial charge in [0, 0.05) is 6.04 Å². The van der Waals surface area contributed by atoms with Crippen molar-refractivity contribution in [1.82, 2.24) is 5.32 Å². The van der Waals surface area contributed by atoms with E-state index in [1.54, 1.807) is 0 Å². The van der Waals surface area contributed by atoms with Crippen LogP contribution in [0.5, 0.6) is 0 Å². The van der Waals surface area contributed by atoms with Crippen LogP contribution in [0.15, 0.2) is 18.2 Å². The molecule has 106 valence electrons. The SMILES string of the molecule is CCCCCCC(C)NC(=O)c1cccc(F)c1F. The molecule has 4 heteroatoms. The normalized spacial score (nSPS) is 12.2. The third kappa shape index (κ3) is 4.97. The van der Waals surface area contributed by atoms with Crippen LogP contribution in [0.3, 0.4) is 0 Å². The first-order valence-corrected chi connectivity index (χ1v) is 6.81. The first kappa shape index (κ1) is 15.6. The van der Waals surface area contributed by atoms with E-state index in [-0.39, 0.29) is 11.6 Å². The maximum Gasteiger partial charge on any atom is 0.254 e. The van der Waals surface area contributed by atoms with Gasteiger partial charge in [-0.1, -0.05) is 38.7 Å². The number of benzene rings is 1. The highest BCUT2D eigenvalue weighted by atomic mass is 19.2. The summed E-state index contributed by atoms with van der Waals surface area (Å²) in [6.07, 6.45) is 5.35. The summed E-state index contributed by atoms with van der Waals surface area (Å²) in [5.74, 6) is -2.64. The van der Waals surface area contributed by atoms with Crippen LogP contribution in [0.25, 0.3) is 0 Å². The van der Waals surface area contributed by atoms with Gasteiger partial charge in [-0.15, -0.1) is 0 Å². The van der Waals surface area contributed by atoms with E-state index in [1.807, 2.05) is 6.92 Å². The number of halogens is 2. The van der Waals surface area contributed by atoms with Gasteiger partial charge >= 0.3 is 0 Å². The molecule has 2 nitrogen and oxygen atoms in total. The van der Waals surface area contributed by atoms with Gasteiger partial charge in [-0.25, -0.2) is 8.78 Å². The topological polar surface area (TPSA) is 29.1 Å². The highest BCUT2D eigenvalue weighted by Gasteiger charge is 2.16. The monoisotopic (exact) mass is 269 g/mol. The second-order valence-electron chi connectivity index (χ2n) is 4.83. The van der Waals surface area contributed by atoms with Gasteiger partial charge in [0.05, 0.1) is 5.56 Å². The summed E-state index contributed by atoms with van der Waals surface area (Å²) in [7, 11) is 0. The van der Waals surface area contributed by atoms with Gasteiger partial charge in [0.25, 0.3) is 5.91 Å². The van der Waals surface area contributed by atoms with E-state index >= 15 is 0 Å². The molecule has 1 aromatic carbocycles. The van der Waals surface area contributed by atoms with Crippen molar-refractivity contribution in [2.24, 2.45) is 0 Å². The second kappa shape index (κ2) is 7.87. The Balaban J connectivity index is 2.48. The lowest BCUT2D eigenvalue weighted by Gasteiger charge is -2.14. The Morgan fingerprint density at radius 2 is 2.00 bits per heavy atom. The van der Waals surface area contributed by atoms with E-state index in [1.165, 1.54) is 18.6 Å². The fourth-order valence-corrected chi connectivity index (χ4v) is 1.93. The van der Waals surface area contributed by atoms with Crippen molar-refractivity contribution in [2.75, 3.05) is 0 Å². The molecule has 0 fully saturated rings. The summed E-state index contributed by atoms with van der Waals surface area (Å²) < 4.78 is 26.4. The number of amides is 1. The Kier molecular flexibility index (Phi) is 6.46. The van der Waals surface area contributed by atoms with Crippen LogP contribution in [-0.2, 0) is 0 Å².